The van der Waals surface area contributed by atoms with Crippen LogP contribution < -0.4 is 16.4 Å². The van der Waals surface area contributed by atoms with Gasteiger partial charge in [-0.05, 0) is 25.2 Å². The predicted molar refractivity (Wildman–Crippen MR) is 139 cm³/mol. The maximum absolute atomic E-state index is 11.9. The fourth-order valence-corrected chi connectivity index (χ4v) is 3.50. The van der Waals surface area contributed by atoms with Gasteiger partial charge in [0.1, 0.15) is 12.6 Å². The van der Waals surface area contributed by atoms with Crippen LogP contribution in [0.15, 0.2) is 12.2 Å². The van der Waals surface area contributed by atoms with Crippen molar-refractivity contribution in [2.75, 3.05) is 66.0 Å². The summed E-state index contributed by atoms with van der Waals surface area (Å²) in [7, 11) is 0. The maximum atomic E-state index is 11.9. The van der Waals surface area contributed by atoms with E-state index in [1.54, 1.807) is 0 Å². The highest BCUT2D eigenvalue weighted by Crippen LogP contribution is 2.14. The molecule has 0 bridgehead atoms. The van der Waals surface area contributed by atoms with Crippen molar-refractivity contribution in [3.63, 3.8) is 0 Å². The summed E-state index contributed by atoms with van der Waals surface area (Å²) in [5, 5.41) is 5.40. The smallest absolute Gasteiger partial charge is 0.246 e. The van der Waals surface area contributed by atoms with Crippen molar-refractivity contribution in [1.82, 2.24) is 10.6 Å². The van der Waals surface area contributed by atoms with E-state index in [0.29, 0.717) is 52.8 Å². The molecule has 0 radical (unpaired) electrons. The molecule has 0 saturated carbocycles. The molecule has 0 heterocycles. The first-order valence-corrected chi connectivity index (χ1v) is 13.3. The van der Waals surface area contributed by atoms with Crippen LogP contribution in [0, 0.1) is 5.92 Å². The molecule has 2 atom stereocenters. The predicted octanol–water partition coefficient (Wildman–Crippen LogP) is 1.09. The summed E-state index contributed by atoms with van der Waals surface area (Å²) in [5.74, 6) is -1.03. The molecule has 214 valence electrons. The number of nitrogens with one attached hydrogen (secondary N) is 2. The lowest BCUT2D eigenvalue weighted by atomic mass is 10.0. The number of rotatable bonds is 21. The molecule has 1 aliphatic rings. The summed E-state index contributed by atoms with van der Waals surface area (Å²) < 4.78 is 27.3. The second-order valence-electron chi connectivity index (χ2n) is 9.16. The summed E-state index contributed by atoms with van der Waals surface area (Å²) in [6.07, 6.45) is 10.0. The standard InChI is InChI=1S/C26H47N3O8/c1-21(2)25(26(27)32)29-23(30)10-12-33-14-16-35-18-19-36-17-15-34-13-11-28-24(31)20-37-22-8-6-4-3-5-7-9-22/h6,8,21-22,25H,3-5,7,9-20H2,1-2H3,(H2,27,32)(H,28,31)(H,29,30)/t22?,25-/m0/s1. The Morgan fingerprint density at radius 3 is 2.11 bits per heavy atom. The number of allylic oxidation sites excluding steroid dienone is 1. The molecule has 0 saturated heterocycles. The third-order valence-electron chi connectivity index (χ3n) is 5.59. The van der Waals surface area contributed by atoms with Gasteiger partial charge in [-0.2, -0.15) is 0 Å². The number of hydrogen-bond donors (Lipinski definition) is 3. The molecular weight excluding hydrogens is 482 g/mol. The molecule has 11 nitrogen and oxygen atoms in total. The summed E-state index contributed by atoms with van der Waals surface area (Å²) in [5.41, 5.74) is 5.27. The van der Waals surface area contributed by atoms with Crippen LogP contribution in [0.1, 0.15) is 52.4 Å². The molecule has 0 aliphatic heterocycles. The van der Waals surface area contributed by atoms with Crippen LogP contribution >= 0.6 is 0 Å². The van der Waals surface area contributed by atoms with Gasteiger partial charge < -0.3 is 40.1 Å². The Morgan fingerprint density at radius 2 is 1.49 bits per heavy atom. The average Bonchev–Trinajstić information content (AvgIpc) is 2.83. The highest BCUT2D eigenvalue weighted by atomic mass is 16.6. The zero-order valence-electron chi connectivity index (χ0n) is 22.5. The summed E-state index contributed by atoms with van der Waals surface area (Å²) >= 11 is 0. The summed E-state index contributed by atoms with van der Waals surface area (Å²) in [4.78, 5) is 35.0. The molecule has 4 N–H and O–H groups in total. The van der Waals surface area contributed by atoms with Gasteiger partial charge in [0.05, 0.1) is 59.0 Å². The molecule has 3 amide bonds. The van der Waals surface area contributed by atoms with Gasteiger partial charge in [0.25, 0.3) is 0 Å². The number of ether oxygens (including phenoxy) is 5. The third kappa shape index (κ3) is 18.8. The Bertz CT molecular complexity index is 660. The van der Waals surface area contributed by atoms with Gasteiger partial charge in [0, 0.05) is 13.0 Å². The highest BCUT2D eigenvalue weighted by Gasteiger charge is 2.21. The average molecular weight is 530 g/mol. The second-order valence-corrected chi connectivity index (χ2v) is 9.16. The van der Waals surface area contributed by atoms with Crippen LogP contribution in [0.5, 0.6) is 0 Å². The molecule has 0 aromatic carbocycles. The van der Waals surface area contributed by atoms with E-state index in [0.717, 1.165) is 19.3 Å². The van der Waals surface area contributed by atoms with Crippen molar-refractivity contribution in [2.24, 2.45) is 11.7 Å². The number of hydrogen-bond acceptors (Lipinski definition) is 8. The van der Waals surface area contributed by atoms with E-state index in [1.165, 1.54) is 12.8 Å². The van der Waals surface area contributed by atoms with E-state index in [1.807, 2.05) is 13.8 Å². The first kappa shape index (κ1) is 33.0. The minimum atomic E-state index is -0.676. The number of nitrogens with two attached hydrogens (primary N) is 1. The molecule has 0 aromatic rings. The van der Waals surface area contributed by atoms with Crippen molar-refractivity contribution in [2.45, 2.75) is 64.5 Å². The first-order valence-electron chi connectivity index (χ1n) is 13.3. The quantitative estimate of drug-likeness (QED) is 0.148. The second kappa shape index (κ2) is 22.0. The van der Waals surface area contributed by atoms with E-state index >= 15 is 0 Å². The van der Waals surface area contributed by atoms with Crippen molar-refractivity contribution in [3.8, 4) is 0 Å². The van der Waals surface area contributed by atoms with E-state index in [4.69, 9.17) is 29.4 Å². The van der Waals surface area contributed by atoms with Crippen LogP contribution in [0.2, 0.25) is 0 Å². The molecule has 1 rings (SSSR count). The van der Waals surface area contributed by atoms with Crippen molar-refractivity contribution in [1.29, 1.82) is 0 Å². The minimum Gasteiger partial charge on any atom is -0.379 e. The lowest BCUT2D eigenvalue weighted by Gasteiger charge is -2.18. The first-order chi connectivity index (χ1) is 17.9. The minimum absolute atomic E-state index is 0.0302. The van der Waals surface area contributed by atoms with E-state index in [2.05, 4.69) is 22.8 Å². The topological polar surface area (TPSA) is 147 Å². The van der Waals surface area contributed by atoms with Crippen LogP contribution in [0.25, 0.3) is 0 Å². The van der Waals surface area contributed by atoms with Crippen LogP contribution in [-0.4, -0.2) is 95.9 Å². The van der Waals surface area contributed by atoms with Crippen LogP contribution in [-0.2, 0) is 38.1 Å². The Hall–Kier alpha value is -2.05. The Morgan fingerprint density at radius 1 is 0.865 bits per heavy atom. The molecule has 37 heavy (non-hydrogen) atoms. The van der Waals surface area contributed by atoms with Gasteiger partial charge in [-0.15, -0.1) is 0 Å². The lowest BCUT2D eigenvalue weighted by molar-refractivity contribution is -0.129. The fraction of sp³-hybridized carbons (Fsp3) is 0.808. The number of amides is 3. The van der Waals surface area contributed by atoms with E-state index in [-0.39, 0.29) is 43.5 Å². The Balaban J connectivity index is 1.84. The van der Waals surface area contributed by atoms with Crippen molar-refractivity contribution in [3.05, 3.63) is 12.2 Å². The monoisotopic (exact) mass is 529 g/mol. The van der Waals surface area contributed by atoms with Crippen LogP contribution in [0.3, 0.4) is 0 Å². The van der Waals surface area contributed by atoms with Gasteiger partial charge in [0.2, 0.25) is 17.7 Å². The van der Waals surface area contributed by atoms with Crippen molar-refractivity contribution >= 4 is 17.7 Å². The molecule has 0 fully saturated rings. The van der Waals surface area contributed by atoms with Gasteiger partial charge in [-0.3, -0.25) is 14.4 Å². The molecular formula is C26H47N3O8. The zero-order chi connectivity index (χ0) is 27.1. The molecule has 0 spiro atoms. The normalized spacial score (nSPS) is 16.7. The lowest BCUT2D eigenvalue weighted by Crippen LogP contribution is -2.47. The Labute approximate surface area is 221 Å². The molecule has 0 aromatic heterocycles. The molecule has 11 heteroatoms. The third-order valence-corrected chi connectivity index (χ3v) is 5.59. The fourth-order valence-electron chi connectivity index (χ4n) is 3.50. The van der Waals surface area contributed by atoms with Crippen molar-refractivity contribution < 1.29 is 38.1 Å². The van der Waals surface area contributed by atoms with Gasteiger partial charge in [-0.1, -0.05) is 38.8 Å². The zero-order valence-corrected chi connectivity index (χ0v) is 22.5. The summed E-state index contributed by atoms with van der Waals surface area (Å²) in [6, 6.07) is -0.676. The maximum Gasteiger partial charge on any atom is 0.246 e. The van der Waals surface area contributed by atoms with Gasteiger partial charge >= 0.3 is 0 Å². The molecule has 1 unspecified atom stereocenters. The number of carbonyl (C=O) groups is 3. The molecule has 1 aliphatic carbocycles. The van der Waals surface area contributed by atoms with Gasteiger partial charge in [-0.25, -0.2) is 0 Å². The summed E-state index contributed by atoms with van der Waals surface area (Å²) in [6.45, 7) is 7.22. The highest BCUT2D eigenvalue weighted by molar-refractivity contribution is 5.86. The number of primary amides is 1. The SMILES string of the molecule is CC(C)[C@H](NC(=O)CCOCCOCCOCCOCCNC(=O)COC1C=CCCCCC1)C(N)=O. The van der Waals surface area contributed by atoms with E-state index < -0.39 is 11.9 Å². The largest absolute Gasteiger partial charge is 0.379 e. The number of carbonyl (C=O) groups excluding carboxylic acids is 3. The van der Waals surface area contributed by atoms with E-state index in [9.17, 15) is 14.4 Å². The van der Waals surface area contributed by atoms with Crippen LogP contribution in [0.4, 0.5) is 0 Å². The van der Waals surface area contributed by atoms with Gasteiger partial charge in [0.15, 0.2) is 0 Å². The Kier molecular flexibility index (Phi) is 19.6.